The maximum atomic E-state index is 7.37. The number of ether oxygens (including phenoxy) is 1. The van der Waals surface area contributed by atoms with Gasteiger partial charge in [-0.1, -0.05) is 200 Å². The van der Waals surface area contributed by atoms with Gasteiger partial charge < -0.3 is 14.1 Å². The molecule has 0 radical (unpaired) electrons. The predicted molar refractivity (Wildman–Crippen MR) is 275 cm³/mol. The summed E-state index contributed by atoms with van der Waals surface area (Å²) in [5.41, 5.74) is 12.9. The quantitative estimate of drug-likeness (QED) is 0.117. The summed E-state index contributed by atoms with van der Waals surface area (Å²) in [7, 11) is -2.92. The molecule has 304 valence electrons. The lowest BCUT2D eigenvalue weighted by Gasteiger charge is -2.43. The van der Waals surface area contributed by atoms with E-state index >= 15 is 0 Å². The van der Waals surface area contributed by atoms with Gasteiger partial charge in [0.05, 0.1) is 16.7 Å². The SMILES string of the molecule is c1ccc(N2B3c4cc(-c5ccccc5-n5c6ccccc6c6ccccc65)ccc4Oc4cc([Si](c5ccccc5)(c5ccccc5)c5ccccc5)cc(c43)-c3ccccc32)cc1. The number of rotatable bonds is 7. The van der Waals surface area contributed by atoms with Crippen LogP contribution in [0.25, 0.3) is 49.7 Å². The lowest BCUT2D eigenvalue weighted by molar-refractivity contribution is 0.487. The summed E-state index contributed by atoms with van der Waals surface area (Å²) in [5, 5.41) is 7.78. The van der Waals surface area contributed by atoms with Crippen molar-refractivity contribution in [2.75, 3.05) is 4.81 Å². The molecular weight excluding hydrogens is 804 g/mol. The highest BCUT2D eigenvalue weighted by Crippen LogP contribution is 2.44. The van der Waals surface area contributed by atoms with Gasteiger partial charge in [0, 0.05) is 38.7 Å². The number of anilines is 2. The molecule has 0 saturated heterocycles. The average molecular weight is 845 g/mol. The van der Waals surface area contributed by atoms with Crippen LogP contribution < -0.4 is 41.2 Å². The van der Waals surface area contributed by atoms with Gasteiger partial charge in [0.2, 0.25) is 0 Å². The fourth-order valence-corrected chi connectivity index (χ4v) is 15.9. The van der Waals surface area contributed by atoms with Gasteiger partial charge in [0.25, 0.3) is 0 Å². The normalized spacial score (nSPS) is 12.7. The van der Waals surface area contributed by atoms with Crippen LogP contribution in [-0.4, -0.2) is 19.5 Å². The zero-order valence-corrected chi connectivity index (χ0v) is 36.6. The molecule has 0 atom stereocenters. The van der Waals surface area contributed by atoms with E-state index < -0.39 is 8.07 Å². The van der Waals surface area contributed by atoms with Gasteiger partial charge in [0.15, 0.2) is 8.07 Å². The molecule has 65 heavy (non-hydrogen) atoms. The zero-order valence-electron chi connectivity index (χ0n) is 35.6. The molecule has 11 aromatic rings. The Labute approximate surface area is 380 Å². The van der Waals surface area contributed by atoms with Gasteiger partial charge in [-0.15, -0.1) is 0 Å². The molecule has 0 amide bonds. The van der Waals surface area contributed by atoms with Crippen molar-refractivity contribution in [3.05, 3.63) is 249 Å². The van der Waals surface area contributed by atoms with Crippen LogP contribution in [0.2, 0.25) is 0 Å². The largest absolute Gasteiger partial charge is 0.458 e. The van der Waals surface area contributed by atoms with E-state index in [-0.39, 0.29) is 6.85 Å². The van der Waals surface area contributed by atoms with Crippen molar-refractivity contribution >= 4 is 79.8 Å². The summed E-state index contributed by atoms with van der Waals surface area (Å²) in [4.78, 5) is 2.54. The van der Waals surface area contributed by atoms with E-state index in [1.165, 1.54) is 64.8 Å². The standard InChI is InChI=1S/C60H41BN2OSi/c1-5-21-43(22-6-1)63-57-36-20-16-32-51(57)52-40-47(65(44-23-7-2-8-24-44,45-25-9-3-10-26-45)46-27-11-4-12-28-46)41-59-60(52)61(63)53-39-42(37-38-58(53)64-59)48-29-13-17-33-54(48)62-55-34-18-14-30-49(55)50-31-15-19-35-56(50)62/h1-41H. The number of benzene rings is 10. The van der Waals surface area contributed by atoms with Gasteiger partial charge in [-0.05, 0) is 85.9 Å². The van der Waals surface area contributed by atoms with Gasteiger partial charge in [0.1, 0.15) is 11.5 Å². The monoisotopic (exact) mass is 844 g/mol. The van der Waals surface area contributed by atoms with Crippen LogP contribution in [0, 0.1) is 0 Å². The molecule has 3 nitrogen and oxygen atoms in total. The summed E-state index contributed by atoms with van der Waals surface area (Å²) in [6, 6.07) is 91.5. The van der Waals surface area contributed by atoms with E-state index in [2.05, 4.69) is 258 Å². The third-order valence-electron chi connectivity index (χ3n) is 13.8. The van der Waals surface area contributed by atoms with Crippen LogP contribution in [0.5, 0.6) is 11.5 Å². The van der Waals surface area contributed by atoms with Gasteiger partial charge in [-0.2, -0.15) is 0 Å². The number of hydrogen-bond acceptors (Lipinski definition) is 2. The van der Waals surface area contributed by atoms with Crippen LogP contribution in [0.4, 0.5) is 11.4 Å². The minimum Gasteiger partial charge on any atom is -0.458 e. The van der Waals surface area contributed by atoms with E-state index in [1.54, 1.807) is 0 Å². The second-order valence-electron chi connectivity index (χ2n) is 17.2. The second kappa shape index (κ2) is 15.0. The molecule has 0 bridgehead atoms. The van der Waals surface area contributed by atoms with E-state index in [4.69, 9.17) is 4.74 Å². The van der Waals surface area contributed by atoms with Crippen LogP contribution in [0.1, 0.15) is 0 Å². The first-order valence-electron chi connectivity index (χ1n) is 22.5. The summed E-state index contributed by atoms with van der Waals surface area (Å²) < 4.78 is 9.80. The molecule has 2 aliphatic rings. The smallest absolute Gasteiger partial charge is 0.336 e. The molecule has 0 aliphatic carbocycles. The minimum absolute atomic E-state index is 0.170. The summed E-state index contributed by atoms with van der Waals surface area (Å²) in [6.45, 7) is -0.170. The first-order valence-corrected chi connectivity index (χ1v) is 24.5. The Bertz CT molecular complexity index is 3440. The molecule has 0 saturated carbocycles. The van der Waals surface area contributed by atoms with E-state index in [0.29, 0.717) is 0 Å². The molecule has 5 heteroatoms. The van der Waals surface area contributed by atoms with Crippen LogP contribution in [0.3, 0.4) is 0 Å². The summed E-state index contributed by atoms with van der Waals surface area (Å²) in [6.07, 6.45) is 0. The van der Waals surface area contributed by atoms with E-state index in [1.807, 2.05) is 0 Å². The lowest BCUT2D eigenvalue weighted by atomic mass is 9.44. The van der Waals surface area contributed by atoms with Crippen molar-refractivity contribution in [1.82, 2.24) is 4.57 Å². The molecule has 0 unspecified atom stereocenters. The summed E-state index contributed by atoms with van der Waals surface area (Å²) >= 11 is 0. The number of para-hydroxylation sites is 5. The number of fused-ring (bicyclic) bond motifs is 7. The molecule has 3 heterocycles. The van der Waals surface area contributed by atoms with Crippen LogP contribution >= 0.6 is 0 Å². The Kier molecular flexibility index (Phi) is 8.65. The topological polar surface area (TPSA) is 17.4 Å². The Morgan fingerprint density at radius 3 is 1.49 bits per heavy atom. The van der Waals surface area contributed by atoms with Crippen LogP contribution in [0.15, 0.2) is 249 Å². The van der Waals surface area contributed by atoms with E-state index in [9.17, 15) is 0 Å². The Hall–Kier alpha value is -8.12. The second-order valence-corrected chi connectivity index (χ2v) is 21.0. The highest BCUT2D eigenvalue weighted by Gasteiger charge is 2.47. The molecule has 13 rings (SSSR count). The third kappa shape index (κ3) is 5.69. The van der Waals surface area contributed by atoms with Gasteiger partial charge in [-0.3, -0.25) is 0 Å². The maximum Gasteiger partial charge on any atom is 0.336 e. The molecule has 0 N–H and O–H groups in total. The highest BCUT2D eigenvalue weighted by atomic mass is 28.3. The third-order valence-corrected chi connectivity index (χ3v) is 18.5. The highest BCUT2D eigenvalue weighted by molar-refractivity contribution is 7.20. The Balaban J connectivity index is 1.08. The van der Waals surface area contributed by atoms with E-state index in [0.717, 1.165) is 39.5 Å². The van der Waals surface area contributed by atoms with Crippen molar-refractivity contribution in [1.29, 1.82) is 0 Å². The zero-order chi connectivity index (χ0) is 42.9. The van der Waals surface area contributed by atoms with Gasteiger partial charge in [-0.25, -0.2) is 0 Å². The molecule has 1 aromatic heterocycles. The fraction of sp³-hybridized carbons (Fsp3) is 0. The van der Waals surface area contributed by atoms with Crippen molar-refractivity contribution in [2.24, 2.45) is 0 Å². The van der Waals surface area contributed by atoms with Crippen molar-refractivity contribution < 1.29 is 4.74 Å². The number of nitrogens with zero attached hydrogens (tertiary/aromatic N) is 2. The summed E-state index contributed by atoms with van der Waals surface area (Å²) in [5.74, 6) is 1.78. The van der Waals surface area contributed by atoms with Crippen molar-refractivity contribution in [3.63, 3.8) is 0 Å². The fourth-order valence-electron chi connectivity index (χ4n) is 11.1. The first-order chi connectivity index (χ1) is 32.3. The Morgan fingerprint density at radius 2 is 0.877 bits per heavy atom. The predicted octanol–water partition coefficient (Wildman–Crippen LogP) is 10.9. The number of aromatic nitrogens is 1. The maximum absolute atomic E-state index is 7.37. The average Bonchev–Trinajstić information content (AvgIpc) is 3.72. The van der Waals surface area contributed by atoms with Crippen molar-refractivity contribution in [2.45, 2.75) is 0 Å². The molecule has 10 aromatic carbocycles. The first kappa shape index (κ1) is 37.4. The minimum atomic E-state index is -2.92. The van der Waals surface area contributed by atoms with Crippen LogP contribution in [-0.2, 0) is 0 Å². The molecular formula is C60H41BN2OSi. The lowest BCUT2D eigenvalue weighted by Crippen LogP contribution is -2.75. The van der Waals surface area contributed by atoms with Crippen molar-refractivity contribution in [3.8, 4) is 39.4 Å². The number of hydrogen-bond donors (Lipinski definition) is 0. The van der Waals surface area contributed by atoms with Gasteiger partial charge >= 0.3 is 6.85 Å². The molecule has 0 spiro atoms. The molecule has 0 fully saturated rings. The molecule has 2 aliphatic heterocycles. The Morgan fingerprint density at radius 1 is 0.369 bits per heavy atom.